The first-order chi connectivity index (χ1) is 23.2. The van der Waals surface area contributed by atoms with E-state index < -0.39 is 46.5 Å². The number of benzene rings is 2. The zero-order valence-corrected chi connectivity index (χ0v) is 33.2. The van der Waals surface area contributed by atoms with Crippen molar-refractivity contribution in [3.63, 3.8) is 0 Å². The topological polar surface area (TPSA) is 175 Å². The smallest absolute Gasteiger partial charge is 0.408 e. The number of hydrogen-bond acceptors (Lipinski definition) is 9. The van der Waals surface area contributed by atoms with Gasteiger partial charge in [-0.2, -0.15) is 0 Å². The largest absolute Gasteiger partial charge is 0.444 e. The number of aryl methyl sites for hydroxylation is 4. The van der Waals surface area contributed by atoms with Crippen LogP contribution in [0.5, 0.6) is 11.5 Å². The second kappa shape index (κ2) is 18.2. The van der Waals surface area contributed by atoms with Gasteiger partial charge in [0.25, 0.3) is 0 Å². The molecule has 0 spiro atoms. The summed E-state index contributed by atoms with van der Waals surface area (Å²) >= 11 is 0. The Bertz CT molecular complexity index is 1590. The summed E-state index contributed by atoms with van der Waals surface area (Å²) < 4.78 is 16.3. The van der Waals surface area contributed by atoms with Gasteiger partial charge >= 0.3 is 18.0 Å². The molecule has 12 nitrogen and oxygen atoms in total. The molecule has 0 fully saturated rings. The molecule has 12 heteroatoms. The molecule has 2 aromatic carbocycles. The molecule has 0 aliphatic heterocycles. The highest BCUT2D eigenvalue weighted by Crippen LogP contribution is 2.39. The molecule has 0 radical (unpaired) electrons. The normalized spacial score (nSPS) is 12.7. The summed E-state index contributed by atoms with van der Waals surface area (Å²) in [5, 5.41) is 7.75. The molecule has 2 aromatic rings. The van der Waals surface area contributed by atoms with Crippen LogP contribution in [0.2, 0.25) is 0 Å². The second-order valence-electron chi connectivity index (χ2n) is 15.4. The Hall–Kier alpha value is -4.45. The van der Waals surface area contributed by atoms with Crippen LogP contribution in [0.3, 0.4) is 0 Å². The van der Waals surface area contributed by atoms with Crippen molar-refractivity contribution in [1.82, 2.24) is 16.0 Å². The van der Waals surface area contributed by atoms with Crippen LogP contribution >= 0.6 is 0 Å². The Morgan fingerprint density at radius 1 is 0.667 bits per heavy atom. The molecule has 284 valence electrons. The van der Waals surface area contributed by atoms with Crippen molar-refractivity contribution < 1.29 is 38.2 Å². The average molecular weight is 713 g/mol. The summed E-state index contributed by atoms with van der Waals surface area (Å²) in [6.07, 6.45) is -0.151. The third kappa shape index (κ3) is 14.0. The van der Waals surface area contributed by atoms with Gasteiger partial charge in [0.05, 0.1) is 0 Å². The second-order valence-corrected chi connectivity index (χ2v) is 15.4. The minimum Gasteiger partial charge on any atom is -0.444 e. The van der Waals surface area contributed by atoms with Gasteiger partial charge in [-0.15, -0.1) is 0 Å². The average Bonchev–Trinajstić information content (AvgIpc) is 2.94. The van der Waals surface area contributed by atoms with Crippen LogP contribution in [-0.4, -0.2) is 61.6 Å². The van der Waals surface area contributed by atoms with Crippen LogP contribution in [0.1, 0.15) is 109 Å². The molecule has 0 saturated carbocycles. The van der Waals surface area contributed by atoms with E-state index in [2.05, 4.69) is 16.0 Å². The lowest BCUT2D eigenvalue weighted by atomic mass is 9.78. The van der Waals surface area contributed by atoms with Gasteiger partial charge in [0.1, 0.15) is 29.2 Å². The fourth-order valence-corrected chi connectivity index (χ4v) is 5.85. The molecule has 5 N–H and O–H groups in total. The van der Waals surface area contributed by atoms with Crippen LogP contribution in [0.4, 0.5) is 4.79 Å². The lowest BCUT2D eigenvalue weighted by Crippen LogP contribution is -2.43. The Labute approximate surface area is 303 Å². The maximum Gasteiger partial charge on any atom is 0.408 e. The fourth-order valence-electron chi connectivity index (χ4n) is 5.85. The molecule has 0 saturated heterocycles. The summed E-state index contributed by atoms with van der Waals surface area (Å²) in [7, 11) is 3.20. The van der Waals surface area contributed by atoms with Crippen molar-refractivity contribution in [2.45, 2.75) is 131 Å². The number of carbonyl (C=O) groups is 5. The first-order valence-electron chi connectivity index (χ1n) is 17.1. The zero-order chi connectivity index (χ0) is 39.6. The van der Waals surface area contributed by atoms with Crippen molar-refractivity contribution in [3.8, 4) is 11.5 Å². The van der Waals surface area contributed by atoms with Crippen molar-refractivity contribution >= 4 is 29.8 Å². The van der Waals surface area contributed by atoms with E-state index in [0.717, 1.165) is 33.4 Å². The number of ether oxygens (including phenoxy) is 3. The molecule has 0 aliphatic rings. The number of nitrogens with one attached hydrogen (secondary N) is 3. The maximum atomic E-state index is 12.6. The van der Waals surface area contributed by atoms with Crippen molar-refractivity contribution in [3.05, 3.63) is 57.6 Å². The van der Waals surface area contributed by atoms with Crippen molar-refractivity contribution in [2.24, 2.45) is 5.73 Å². The van der Waals surface area contributed by atoms with Gasteiger partial charge in [0.2, 0.25) is 11.8 Å². The van der Waals surface area contributed by atoms with E-state index in [1.54, 1.807) is 47.9 Å². The highest BCUT2D eigenvalue weighted by atomic mass is 16.6. The van der Waals surface area contributed by atoms with Gasteiger partial charge in [-0.25, -0.2) is 14.4 Å². The minimum atomic E-state index is -0.902. The molecule has 2 unspecified atom stereocenters. The molecule has 51 heavy (non-hydrogen) atoms. The number of nitrogens with two attached hydrogens (primary N) is 1. The monoisotopic (exact) mass is 712 g/mol. The molecular formula is C39H60N4O8. The number of amides is 3. The number of hydrogen-bond donors (Lipinski definition) is 4. The Morgan fingerprint density at radius 2 is 1.04 bits per heavy atom. The molecular weight excluding hydrogens is 652 g/mol. The van der Waals surface area contributed by atoms with Crippen LogP contribution in [0, 0.1) is 27.7 Å². The fraction of sp³-hybridized carbons (Fsp3) is 0.564. The molecule has 3 amide bonds. The van der Waals surface area contributed by atoms with Crippen molar-refractivity contribution in [2.75, 3.05) is 14.1 Å². The third-order valence-corrected chi connectivity index (χ3v) is 7.88. The van der Waals surface area contributed by atoms with E-state index in [0.29, 0.717) is 17.9 Å². The Morgan fingerprint density at radius 3 is 1.37 bits per heavy atom. The van der Waals surface area contributed by atoms with Gasteiger partial charge in [0, 0.05) is 48.9 Å². The van der Waals surface area contributed by atoms with E-state index in [1.165, 1.54) is 6.92 Å². The van der Waals surface area contributed by atoms with E-state index in [1.807, 2.05) is 73.6 Å². The summed E-state index contributed by atoms with van der Waals surface area (Å²) in [5.74, 6) is -0.394. The standard InChI is InChI=1S/C22H34N2O5.C17H26N2O3/c1-13-10-14(2)18(22(7,8)12-17(25)23-9)16(11-13)28-19(26)15(3)24-20(27)29-21(4,5)6;1-10-7-11(2)15(17(4,5)9-14(20)19-6)13(8-10)22-16(21)12(3)18/h10-11,15H,12H2,1-9H3,(H,23,25)(H,24,27);7-8,12H,9,18H2,1-6H3,(H,19,20). The van der Waals surface area contributed by atoms with Gasteiger partial charge in [0.15, 0.2) is 0 Å². The van der Waals surface area contributed by atoms with Gasteiger partial charge < -0.3 is 35.9 Å². The molecule has 0 bridgehead atoms. The Balaban J connectivity index is 0.000000530. The molecule has 2 rings (SSSR count). The first-order valence-corrected chi connectivity index (χ1v) is 17.1. The summed E-state index contributed by atoms with van der Waals surface area (Å²) in [6, 6.07) is 5.99. The predicted molar refractivity (Wildman–Crippen MR) is 199 cm³/mol. The molecule has 0 aliphatic carbocycles. The lowest BCUT2D eigenvalue weighted by molar-refractivity contribution is -0.136. The minimum absolute atomic E-state index is 0.0607. The first kappa shape index (κ1) is 44.6. The lowest BCUT2D eigenvalue weighted by Gasteiger charge is -2.29. The van der Waals surface area contributed by atoms with E-state index >= 15 is 0 Å². The molecule has 0 heterocycles. The van der Waals surface area contributed by atoms with E-state index in [-0.39, 0.29) is 18.2 Å². The highest BCUT2D eigenvalue weighted by molar-refractivity contribution is 5.83. The van der Waals surface area contributed by atoms with E-state index in [4.69, 9.17) is 19.9 Å². The number of rotatable bonds is 11. The maximum absolute atomic E-state index is 12.6. The van der Waals surface area contributed by atoms with E-state index in [9.17, 15) is 24.0 Å². The van der Waals surface area contributed by atoms with Crippen LogP contribution in [0.15, 0.2) is 24.3 Å². The van der Waals surface area contributed by atoms with Crippen LogP contribution in [-0.2, 0) is 34.7 Å². The summed E-state index contributed by atoms with van der Waals surface area (Å²) in [6.45, 7) is 23.8. The number of carbonyl (C=O) groups excluding carboxylic acids is 5. The number of alkyl carbamates (subject to hydrolysis) is 1. The van der Waals surface area contributed by atoms with Crippen molar-refractivity contribution in [1.29, 1.82) is 0 Å². The number of esters is 2. The highest BCUT2D eigenvalue weighted by Gasteiger charge is 2.32. The molecule has 2 atom stereocenters. The quantitative estimate of drug-likeness (QED) is 0.173. The van der Waals surface area contributed by atoms with Crippen LogP contribution in [0.25, 0.3) is 0 Å². The van der Waals surface area contributed by atoms with Gasteiger partial charge in [-0.3, -0.25) is 9.59 Å². The zero-order valence-electron chi connectivity index (χ0n) is 33.2. The summed E-state index contributed by atoms with van der Waals surface area (Å²) in [5.41, 5.74) is 9.36. The predicted octanol–water partition coefficient (Wildman–Crippen LogP) is 5.51. The van der Waals surface area contributed by atoms with Gasteiger partial charge in [-0.1, -0.05) is 39.8 Å². The molecule has 0 aromatic heterocycles. The van der Waals surface area contributed by atoms with Crippen LogP contribution < -0.4 is 31.2 Å². The van der Waals surface area contributed by atoms with Gasteiger partial charge in [-0.05, 0) is 96.7 Å². The SMILES string of the molecule is CNC(=O)CC(C)(C)c1c(C)cc(C)cc1OC(=O)C(C)N.CNC(=O)CC(C)(C)c1c(C)cc(C)cc1OC(=O)C(C)NC(=O)OC(C)(C)C. The Kier molecular flexibility index (Phi) is 15.9. The third-order valence-electron chi connectivity index (χ3n) is 7.88. The summed E-state index contributed by atoms with van der Waals surface area (Å²) in [4.78, 5) is 60.2.